The third-order valence-electron chi connectivity index (χ3n) is 0. The second kappa shape index (κ2) is 777. The molecule has 0 aliphatic carbocycles. The summed E-state index contributed by atoms with van der Waals surface area (Å²) in [5, 5.41) is 0. The van der Waals surface area contributed by atoms with Crippen LogP contribution in [-0.2, 0) is 0 Å². The summed E-state index contributed by atoms with van der Waals surface area (Å²) in [7, 11) is -0.250. The minimum Gasteiger partial charge on any atom is -0.124 e. The van der Waals surface area contributed by atoms with Gasteiger partial charge in [-0.3, -0.25) is 0 Å². The average molecular weight is 172 g/mol. The van der Waals surface area contributed by atoms with E-state index in [4.69, 9.17) is 5.48 Å². The maximum atomic E-state index is 5.88. The van der Waals surface area contributed by atoms with E-state index in [2.05, 4.69) is 12.8 Å². The highest BCUT2D eigenvalue weighted by Gasteiger charge is 0.456. The summed E-state index contributed by atoms with van der Waals surface area (Å²) in [5.74, 6) is 0. The van der Waals surface area contributed by atoms with E-state index < -0.39 is 0 Å². The van der Waals surface area contributed by atoms with Crippen LogP contribution in [0.25, 0.3) is 0 Å². The molecule has 0 fully saturated rings. The highest BCUT2D eigenvalue weighted by Crippen LogP contribution is 0.581. The van der Waals surface area contributed by atoms with Gasteiger partial charge >= 0.3 is 0 Å². The molecule has 0 amide bonds. The van der Waals surface area contributed by atoms with Crippen LogP contribution in [0.4, 0.5) is 0 Å². The summed E-state index contributed by atoms with van der Waals surface area (Å²) in [6.45, 7) is 0. The summed E-state index contributed by atoms with van der Waals surface area (Å²) in [4.78, 5) is 0. The van der Waals surface area contributed by atoms with Gasteiger partial charge in [-0.15, -0.1) is 25.6 Å². The molecular formula is C11H32. The summed E-state index contributed by atoms with van der Waals surface area (Å²) in [6, 6.07) is 0. The molecule has 0 aromatic rings. The predicted octanol–water partition coefficient (Wildman–Crippen LogP) is 4.95. The first-order chi connectivity index (χ1) is 4.24. The lowest BCUT2D eigenvalue weighted by Gasteiger charge is -0.701. The summed E-state index contributed by atoms with van der Waals surface area (Å²) < 4.78 is 23.2. The summed E-state index contributed by atoms with van der Waals surface area (Å²) in [5.41, 5.74) is 0. The molecule has 0 spiro atoms. The van der Waals surface area contributed by atoms with Crippen LogP contribution in [-0.4, -0.2) is 0 Å². The normalized spacial score (nSPS) is 3.45. The van der Waals surface area contributed by atoms with Gasteiger partial charge in [0.2, 0.25) is 0 Å². The smallest absolute Gasteiger partial charge is 0.124 e. The largest absolute Gasteiger partial charge is 0.124 e. The molecule has 76 valence electrons. The zero-order chi connectivity index (χ0) is 8.12. The Bertz CT molecular complexity index is 77.7. The quantitative estimate of drug-likeness (QED) is 0.453. The minimum atomic E-state index is -0.250. The first kappa shape index (κ1) is 32.1. The SMILES string of the molecule is C.C.C.C.C.C.[3H]C#C.[3H]C#C.[3H]C[3H]. The van der Waals surface area contributed by atoms with Gasteiger partial charge in [-0.05, 0) is 0 Å². The van der Waals surface area contributed by atoms with Crippen LogP contribution < -0.4 is 0 Å². The van der Waals surface area contributed by atoms with Gasteiger partial charge in [0.25, 0.3) is 0 Å². The summed E-state index contributed by atoms with van der Waals surface area (Å²) >= 11 is 0. The molecule has 0 bridgehead atoms. The maximum Gasteiger partial charge on any atom is 0.124 e. The van der Waals surface area contributed by atoms with Crippen molar-refractivity contribution in [3.05, 3.63) is 0 Å². The van der Waals surface area contributed by atoms with Crippen molar-refractivity contribution in [2.75, 3.05) is 0 Å². The second-order valence-corrected chi connectivity index (χ2v) is 0. The monoisotopic (exact) mass is 172 g/mol. The average Bonchev–Trinajstić information content (AvgIpc) is 1.70. The van der Waals surface area contributed by atoms with Gasteiger partial charge in [0.15, 0.2) is 0 Å². The van der Waals surface area contributed by atoms with E-state index in [1.807, 2.05) is 0 Å². The second-order valence-electron chi connectivity index (χ2n) is 0. The van der Waals surface area contributed by atoms with Crippen molar-refractivity contribution in [3.63, 3.8) is 0 Å². The predicted molar refractivity (Wildman–Crippen MR) is 66.9 cm³/mol. The highest BCUT2D eigenvalue weighted by molar-refractivity contribution is 4.47. The Hall–Kier alpha value is -0.880. The van der Waals surface area contributed by atoms with Gasteiger partial charge in [0, 0.05) is 2.74 Å². The molecule has 0 aromatic carbocycles. The number of hydrogen-bond donors (Lipinski definition) is 0. The molecule has 0 aromatic heterocycles. The Balaban J connectivity index is -0.00000000429. The van der Waals surface area contributed by atoms with Gasteiger partial charge in [0.05, 0.1) is 0 Å². The van der Waals surface area contributed by atoms with E-state index in [-0.39, 0.29) is 51.9 Å². The fourth-order valence-corrected chi connectivity index (χ4v) is 0. The number of rotatable bonds is 0. The molecule has 0 radical (unpaired) electrons. The third kappa shape index (κ3) is 597. The van der Waals surface area contributed by atoms with Crippen LogP contribution in [0, 0.1) is 25.6 Å². The molecule has 0 rings (SSSR count). The van der Waals surface area contributed by atoms with Crippen LogP contribution in [0.3, 0.4) is 0 Å². The van der Waals surface area contributed by atoms with Gasteiger partial charge in [-0.2, -0.15) is 0 Å². The zero-order valence-electron chi connectivity index (χ0n) is 6.86. The number of hydrogen-bond acceptors (Lipinski definition) is 0. The van der Waals surface area contributed by atoms with Crippen LogP contribution in [0.2, 0.25) is 0 Å². The maximum absolute atomic E-state index is 5.88. The Kier molecular flexibility index (Phi) is 2270. The van der Waals surface area contributed by atoms with Crippen molar-refractivity contribution in [2.45, 2.75) is 51.9 Å². The summed E-state index contributed by atoms with van der Waals surface area (Å²) in [6.07, 6.45) is 11.5. The van der Waals surface area contributed by atoms with Crippen molar-refractivity contribution in [3.8, 4) is 25.6 Å². The highest BCUT2D eigenvalue weighted by atomic mass is 12.6. The molecule has 0 unspecified atom stereocenters. The molecule has 11 heavy (non-hydrogen) atoms. The van der Waals surface area contributed by atoms with Crippen LogP contribution in [0.1, 0.15) is 57.4 Å². The van der Waals surface area contributed by atoms with E-state index in [1.165, 1.54) is 12.8 Å². The molecule has 0 nitrogen and oxygen atoms in total. The molecule has 0 saturated heterocycles. The molecule has 0 atom stereocenters. The fourth-order valence-electron chi connectivity index (χ4n) is 0. The van der Waals surface area contributed by atoms with Crippen molar-refractivity contribution in [2.24, 2.45) is 0 Å². The molecule has 0 heteroatoms. The van der Waals surface area contributed by atoms with Crippen molar-refractivity contribution in [1.82, 2.24) is 0 Å². The van der Waals surface area contributed by atoms with Crippen molar-refractivity contribution >= 4 is 0 Å². The Morgan fingerprint density at radius 2 is 0.727 bits per heavy atom. The first-order valence-electron chi connectivity index (χ1n) is 2.99. The minimum absolute atomic E-state index is 0. The molecule has 0 N–H and O–H groups in total. The van der Waals surface area contributed by atoms with Crippen LogP contribution in [0.5, 0.6) is 0 Å². The Morgan fingerprint density at radius 3 is 0.727 bits per heavy atom. The molecule has 0 saturated carbocycles. The lowest BCUT2D eigenvalue weighted by atomic mass is 11.4. The standard InChI is InChI=1S/2C2H2.7CH4/c2*1-2;;;;;;;/h2*1-2H;7*1H4/i2*1T;1T2;;;;;;. The number of terminal acetylenes is 2. The molecule has 0 aliphatic rings. The van der Waals surface area contributed by atoms with E-state index in [1.54, 1.807) is 0 Å². The van der Waals surface area contributed by atoms with Crippen molar-refractivity contribution in [1.29, 1.82) is 0 Å². The topological polar surface area (TPSA) is 0 Å². The lowest BCUT2D eigenvalue weighted by Crippen LogP contribution is -0.576. The van der Waals surface area contributed by atoms with E-state index >= 15 is 0 Å². The molecule has 0 aliphatic heterocycles. The Morgan fingerprint density at radius 1 is 0.727 bits per heavy atom. The van der Waals surface area contributed by atoms with Gasteiger partial charge in [-0.1, -0.05) is 51.9 Å². The van der Waals surface area contributed by atoms with Crippen LogP contribution in [0.15, 0.2) is 0 Å². The van der Waals surface area contributed by atoms with Crippen molar-refractivity contribution < 1.29 is 5.48 Å². The molecule has 0 heterocycles. The molecular weight excluding hydrogens is 132 g/mol. The van der Waals surface area contributed by atoms with E-state index in [9.17, 15) is 0 Å². The fraction of sp³-hybridized carbons (Fsp3) is 0.636. The Labute approximate surface area is 84.1 Å². The van der Waals surface area contributed by atoms with Crippen LogP contribution >= 0.6 is 0 Å². The zero-order valence-corrected chi connectivity index (χ0v) is 2.86. The first-order valence-corrected chi connectivity index (χ1v) is 0.577. The lowest BCUT2D eigenvalue weighted by molar-refractivity contribution is 2.50. The van der Waals surface area contributed by atoms with Gasteiger partial charge < -0.3 is 0 Å². The van der Waals surface area contributed by atoms with Gasteiger partial charge in [-0.25, -0.2) is 0 Å². The van der Waals surface area contributed by atoms with E-state index in [0.29, 0.717) is 0 Å². The van der Waals surface area contributed by atoms with E-state index in [0.717, 1.165) is 0 Å². The third-order valence-corrected chi connectivity index (χ3v) is 0. The van der Waals surface area contributed by atoms with Gasteiger partial charge in [0.1, 0.15) is 2.74 Å².